The van der Waals surface area contributed by atoms with Gasteiger partial charge in [-0.1, -0.05) is 35.9 Å². The second-order valence-corrected chi connectivity index (χ2v) is 7.88. The largest absolute Gasteiger partial charge is 0.497 e. The Morgan fingerprint density at radius 1 is 1.09 bits per heavy atom. The summed E-state index contributed by atoms with van der Waals surface area (Å²) in [5, 5.41) is 7.24. The van der Waals surface area contributed by atoms with Crippen LogP contribution in [0.5, 0.6) is 11.5 Å². The number of nitrogens with zero attached hydrogens (tertiary/aromatic N) is 3. The summed E-state index contributed by atoms with van der Waals surface area (Å²) < 4.78 is 16.1. The Labute approximate surface area is 195 Å². The number of fused-ring (bicyclic) bond motifs is 1. The number of halogens is 1. The number of pyridine rings is 1. The van der Waals surface area contributed by atoms with E-state index in [0.29, 0.717) is 29.0 Å². The van der Waals surface area contributed by atoms with Gasteiger partial charge in [-0.05, 0) is 36.4 Å². The van der Waals surface area contributed by atoms with Crippen LogP contribution in [0.25, 0.3) is 10.9 Å². The van der Waals surface area contributed by atoms with Crippen molar-refractivity contribution in [2.75, 3.05) is 14.2 Å². The maximum absolute atomic E-state index is 13.3. The maximum atomic E-state index is 13.3. The molecule has 0 aliphatic carbocycles. The fraction of sp³-hybridized carbons (Fsp3) is 0.160. The number of carbonyl (C=O) groups is 1. The summed E-state index contributed by atoms with van der Waals surface area (Å²) in [6.45, 7) is 0. The summed E-state index contributed by atoms with van der Waals surface area (Å²) in [6, 6.07) is 18.0. The van der Waals surface area contributed by atoms with Gasteiger partial charge in [0.2, 0.25) is 0 Å². The highest BCUT2D eigenvalue weighted by molar-refractivity contribution is 6.30. The van der Waals surface area contributed by atoms with Gasteiger partial charge >= 0.3 is 5.91 Å². The van der Waals surface area contributed by atoms with Crippen LogP contribution in [0.15, 0.2) is 76.4 Å². The van der Waals surface area contributed by atoms with Crippen LogP contribution >= 0.6 is 11.6 Å². The van der Waals surface area contributed by atoms with E-state index in [9.17, 15) is 4.79 Å². The van der Waals surface area contributed by atoms with E-state index in [1.165, 1.54) is 11.3 Å². The average molecular weight is 462 g/mol. The molecular formula is C25H20ClN3O4. The molecule has 5 rings (SSSR count). The lowest BCUT2D eigenvalue weighted by Gasteiger charge is -2.22. The number of hydrogen-bond donors (Lipinski definition) is 0. The number of hydrogen-bond acceptors (Lipinski definition) is 6. The Bertz CT molecular complexity index is 1370. The first kappa shape index (κ1) is 21.0. The van der Waals surface area contributed by atoms with E-state index in [0.717, 1.165) is 16.7 Å². The van der Waals surface area contributed by atoms with E-state index in [1.807, 2.05) is 48.5 Å². The van der Waals surface area contributed by atoms with Crippen LogP contribution < -0.4 is 9.47 Å². The quantitative estimate of drug-likeness (QED) is 0.367. The molecule has 1 aliphatic rings. The summed E-state index contributed by atoms with van der Waals surface area (Å²) in [5.41, 5.74) is 2.95. The summed E-state index contributed by atoms with van der Waals surface area (Å²) in [6.07, 6.45) is 1.92. The Morgan fingerprint density at radius 3 is 2.70 bits per heavy atom. The third-order valence-corrected chi connectivity index (χ3v) is 5.92. The minimum atomic E-state index is -0.459. The molecular weight excluding hydrogens is 442 g/mol. The molecule has 7 nitrogen and oxygen atoms in total. The highest BCUT2D eigenvalue weighted by Gasteiger charge is 2.36. The Hall–Kier alpha value is -3.84. The average Bonchev–Trinajstić information content (AvgIpc) is 3.54. The topological polar surface area (TPSA) is 77.2 Å². The van der Waals surface area contributed by atoms with Gasteiger partial charge in [-0.25, -0.2) is 9.99 Å². The van der Waals surface area contributed by atoms with Crippen molar-refractivity contribution < 1.29 is 18.7 Å². The third-order valence-electron chi connectivity index (χ3n) is 5.62. The number of rotatable bonds is 5. The van der Waals surface area contributed by atoms with Crippen molar-refractivity contribution in [3.63, 3.8) is 0 Å². The second kappa shape index (κ2) is 8.60. The molecule has 1 amide bonds. The molecule has 0 spiro atoms. The molecule has 2 aromatic carbocycles. The lowest BCUT2D eigenvalue weighted by molar-refractivity contribution is 0.0678. The van der Waals surface area contributed by atoms with Crippen molar-refractivity contribution in [1.29, 1.82) is 0 Å². The summed E-state index contributed by atoms with van der Waals surface area (Å²) in [7, 11) is 3.20. The van der Waals surface area contributed by atoms with E-state index in [-0.39, 0.29) is 16.8 Å². The molecule has 33 heavy (non-hydrogen) atoms. The van der Waals surface area contributed by atoms with Gasteiger partial charge < -0.3 is 13.9 Å². The molecule has 0 saturated heterocycles. The molecule has 0 N–H and O–H groups in total. The second-order valence-electron chi connectivity index (χ2n) is 7.53. The zero-order valence-electron chi connectivity index (χ0n) is 18.0. The van der Waals surface area contributed by atoms with E-state index >= 15 is 0 Å². The van der Waals surface area contributed by atoms with Gasteiger partial charge in [0, 0.05) is 22.9 Å². The van der Waals surface area contributed by atoms with Crippen molar-refractivity contribution in [3.05, 3.63) is 89.0 Å². The van der Waals surface area contributed by atoms with Crippen LogP contribution in [0.2, 0.25) is 5.15 Å². The van der Waals surface area contributed by atoms with Gasteiger partial charge in [-0.15, -0.1) is 0 Å². The molecule has 8 heteroatoms. The van der Waals surface area contributed by atoms with Crippen LogP contribution in [-0.2, 0) is 0 Å². The lowest BCUT2D eigenvalue weighted by atomic mass is 9.98. The fourth-order valence-corrected chi connectivity index (χ4v) is 4.26. The zero-order chi connectivity index (χ0) is 22.9. The number of hydrazone groups is 1. The first-order chi connectivity index (χ1) is 16.1. The summed E-state index contributed by atoms with van der Waals surface area (Å²) >= 11 is 6.65. The lowest BCUT2D eigenvalue weighted by Crippen LogP contribution is -2.27. The van der Waals surface area contributed by atoms with Crippen LogP contribution in [0.3, 0.4) is 0 Å². The first-order valence-electron chi connectivity index (χ1n) is 10.3. The predicted molar refractivity (Wildman–Crippen MR) is 125 cm³/mol. The molecule has 1 aliphatic heterocycles. The number of aromatic nitrogens is 1. The van der Waals surface area contributed by atoms with Gasteiger partial charge in [0.1, 0.15) is 22.2 Å². The van der Waals surface area contributed by atoms with Crippen LogP contribution in [0.1, 0.15) is 34.1 Å². The number of benzene rings is 2. The van der Waals surface area contributed by atoms with E-state index in [2.05, 4.69) is 10.1 Å². The van der Waals surface area contributed by atoms with Crippen molar-refractivity contribution in [1.82, 2.24) is 9.99 Å². The minimum absolute atomic E-state index is 0.196. The minimum Gasteiger partial charge on any atom is -0.497 e. The van der Waals surface area contributed by atoms with E-state index in [1.54, 1.807) is 26.4 Å². The molecule has 0 bridgehead atoms. The van der Waals surface area contributed by atoms with E-state index < -0.39 is 6.04 Å². The van der Waals surface area contributed by atoms with E-state index in [4.69, 9.17) is 25.5 Å². The Morgan fingerprint density at radius 2 is 1.94 bits per heavy atom. The zero-order valence-corrected chi connectivity index (χ0v) is 18.7. The standard InChI is InChI=1S/C25H20ClN3O4/c1-31-17-8-3-6-15(12-17)19-14-20(29(28-19)25(30)22-10-5-11-33-22)18-13-16-7-4-9-21(32-2)23(16)27-24(18)26/h3-13,20H,14H2,1-2H3. The SMILES string of the molecule is COc1cccc(C2=NN(C(=O)c3ccco3)C(c3cc4cccc(OC)c4nc3Cl)C2)c1. The van der Waals surface area contributed by atoms with Gasteiger partial charge in [-0.2, -0.15) is 5.10 Å². The monoisotopic (exact) mass is 461 g/mol. The highest BCUT2D eigenvalue weighted by Crippen LogP contribution is 2.39. The number of amides is 1. The molecule has 0 saturated carbocycles. The molecule has 3 heterocycles. The van der Waals surface area contributed by atoms with Gasteiger partial charge in [-0.3, -0.25) is 4.79 Å². The summed E-state index contributed by atoms with van der Waals surface area (Å²) in [5.74, 6) is 1.18. The molecule has 4 aromatic rings. The van der Waals surface area contributed by atoms with Crippen LogP contribution in [0.4, 0.5) is 0 Å². The Balaban J connectivity index is 1.61. The van der Waals surface area contributed by atoms with Crippen molar-refractivity contribution in [3.8, 4) is 11.5 Å². The van der Waals surface area contributed by atoms with Crippen molar-refractivity contribution >= 4 is 34.1 Å². The number of ether oxygens (including phenoxy) is 2. The van der Waals surface area contributed by atoms with Crippen molar-refractivity contribution in [2.45, 2.75) is 12.5 Å². The predicted octanol–water partition coefficient (Wildman–Crippen LogP) is 5.49. The molecule has 1 unspecified atom stereocenters. The molecule has 166 valence electrons. The van der Waals surface area contributed by atoms with Gasteiger partial charge in [0.05, 0.1) is 32.2 Å². The normalized spacial score (nSPS) is 15.5. The number of para-hydroxylation sites is 1. The molecule has 0 radical (unpaired) electrons. The molecule has 1 atom stereocenters. The Kier molecular flexibility index (Phi) is 5.48. The smallest absolute Gasteiger partial charge is 0.310 e. The first-order valence-corrected chi connectivity index (χ1v) is 10.7. The van der Waals surface area contributed by atoms with Crippen LogP contribution in [-0.4, -0.2) is 35.8 Å². The fourth-order valence-electron chi connectivity index (χ4n) is 3.99. The number of carbonyl (C=O) groups excluding carboxylic acids is 1. The number of methoxy groups -OCH3 is 2. The van der Waals surface area contributed by atoms with Crippen molar-refractivity contribution in [2.24, 2.45) is 5.10 Å². The maximum Gasteiger partial charge on any atom is 0.310 e. The van der Waals surface area contributed by atoms with Crippen LogP contribution in [0, 0.1) is 0 Å². The summed E-state index contributed by atoms with van der Waals surface area (Å²) in [4.78, 5) is 17.9. The molecule has 2 aromatic heterocycles. The van der Waals surface area contributed by atoms with Gasteiger partial charge in [0.25, 0.3) is 0 Å². The third kappa shape index (κ3) is 3.81. The van der Waals surface area contributed by atoms with Gasteiger partial charge in [0.15, 0.2) is 5.76 Å². The number of furan rings is 1. The molecule has 0 fully saturated rings. The highest BCUT2D eigenvalue weighted by atomic mass is 35.5.